The highest BCUT2D eigenvalue weighted by Gasteiger charge is 2.30. The number of ether oxygens (including phenoxy) is 3. The van der Waals surface area contributed by atoms with E-state index in [0.29, 0.717) is 48.4 Å². The lowest BCUT2D eigenvalue weighted by atomic mass is 9.81. The van der Waals surface area contributed by atoms with E-state index in [1.165, 1.54) is 6.20 Å². The topological polar surface area (TPSA) is 140 Å². The van der Waals surface area contributed by atoms with Crippen molar-refractivity contribution in [2.45, 2.75) is 65.5 Å². The molecule has 2 rings (SSSR count). The summed E-state index contributed by atoms with van der Waals surface area (Å²) >= 11 is 0. The highest BCUT2D eigenvalue weighted by Crippen LogP contribution is 2.32. The van der Waals surface area contributed by atoms with Crippen molar-refractivity contribution < 1.29 is 24.1 Å². The zero-order valence-electron chi connectivity index (χ0n) is 24.7. The van der Waals surface area contributed by atoms with Crippen LogP contribution in [0.4, 0.5) is 5.82 Å². The Labute approximate surface area is 239 Å². The van der Waals surface area contributed by atoms with E-state index in [-0.39, 0.29) is 24.2 Å². The van der Waals surface area contributed by atoms with E-state index in [4.69, 9.17) is 25.2 Å². The Morgan fingerprint density at radius 1 is 1.07 bits per heavy atom. The van der Waals surface area contributed by atoms with Gasteiger partial charge in [0.1, 0.15) is 11.9 Å². The first-order valence-corrected chi connectivity index (χ1v) is 14.0. The van der Waals surface area contributed by atoms with Gasteiger partial charge >= 0.3 is 0 Å². The molecule has 0 fully saturated rings. The summed E-state index contributed by atoms with van der Waals surface area (Å²) in [5.74, 6) is 1.61. The standard InChI is InChI=1S/C31H46N4O5/c1-20(2)24(14-22-8-10-28(39-6)29(15-22)40-13-7-12-38-5)16-26(33)27(36)17-25(21(3)4)31(37)35-30-11-9-23(18-32)19-34-30/h8-11,15,19-21,24-27,36H,7,12-14,16-17,33H2,1-6H3,(H,34,35,37). The molecule has 40 heavy (non-hydrogen) atoms. The number of rotatable bonds is 17. The van der Waals surface area contributed by atoms with Crippen LogP contribution >= 0.6 is 0 Å². The van der Waals surface area contributed by atoms with Crippen molar-refractivity contribution in [1.82, 2.24) is 4.98 Å². The van der Waals surface area contributed by atoms with Gasteiger partial charge in [0.05, 0.1) is 25.4 Å². The molecule has 0 saturated carbocycles. The first-order chi connectivity index (χ1) is 19.1. The van der Waals surface area contributed by atoms with E-state index >= 15 is 0 Å². The average Bonchev–Trinajstić information content (AvgIpc) is 2.93. The molecular formula is C31H46N4O5. The van der Waals surface area contributed by atoms with Gasteiger partial charge in [-0.2, -0.15) is 5.26 Å². The normalized spacial score (nSPS) is 14.3. The summed E-state index contributed by atoms with van der Waals surface area (Å²) in [4.78, 5) is 17.2. The van der Waals surface area contributed by atoms with Crippen molar-refractivity contribution in [1.29, 1.82) is 5.26 Å². The fraction of sp³-hybridized carbons (Fsp3) is 0.581. The van der Waals surface area contributed by atoms with E-state index in [2.05, 4.69) is 24.1 Å². The molecule has 9 nitrogen and oxygen atoms in total. The van der Waals surface area contributed by atoms with Gasteiger partial charge in [-0.15, -0.1) is 0 Å². The number of nitrogens with two attached hydrogens (primary N) is 1. The summed E-state index contributed by atoms with van der Waals surface area (Å²) in [5.41, 5.74) is 8.06. The molecule has 1 aromatic carbocycles. The van der Waals surface area contributed by atoms with Gasteiger partial charge in [-0.05, 0) is 66.8 Å². The number of hydrogen-bond acceptors (Lipinski definition) is 8. The number of carbonyl (C=O) groups is 1. The highest BCUT2D eigenvalue weighted by atomic mass is 16.5. The Morgan fingerprint density at radius 2 is 1.82 bits per heavy atom. The Kier molecular flexibility index (Phi) is 13.9. The molecule has 2 aromatic rings. The van der Waals surface area contributed by atoms with Gasteiger partial charge in [0.2, 0.25) is 5.91 Å². The number of methoxy groups -OCH3 is 2. The monoisotopic (exact) mass is 554 g/mol. The number of nitrogens with zero attached hydrogens (tertiary/aromatic N) is 2. The first kappa shape index (κ1) is 33.0. The predicted molar refractivity (Wildman–Crippen MR) is 156 cm³/mol. The number of aromatic nitrogens is 1. The summed E-state index contributed by atoms with van der Waals surface area (Å²) in [7, 11) is 3.29. The number of hydrogen-bond donors (Lipinski definition) is 3. The largest absolute Gasteiger partial charge is 0.493 e. The lowest BCUT2D eigenvalue weighted by molar-refractivity contribution is -0.122. The molecule has 0 aliphatic carbocycles. The molecule has 0 saturated heterocycles. The smallest absolute Gasteiger partial charge is 0.228 e. The van der Waals surface area contributed by atoms with Crippen LogP contribution in [-0.4, -0.2) is 55.6 Å². The van der Waals surface area contributed by atoms with Crippen molar-refractivity contribution >= 4 is 11.7 Å². The minimum atomic E-state index is -0.844. The highest BCUT2D eigenvalue weighted by molar-refractivity contribution is 5.91. The molecule has 1 heterocycles. The third-order valence-corrected chi connectivity index (χ3v) is 7.27. The number of benzene rings is 1. The van der Waals surface area contributed by atoms with Crippen LogP contribution in [0.1, 0.15) is 58.1 Å². The maximum Gasteiger partial charge on any atom is 0.228 e. The zero-order valence-corrected chi connectivity index (χ0v) is 24.7. The molecule has 4 atom stereocenters. The number of nitriles is 1. The van der Waals surface area contributed by atoms with E-state index in [1.54, 1.807) is 26.4 Å². The number of anilines is 1. The minimum absolute atomic E-state index is 0.0114. The summed E-state index contributed by atoms with van der Waals surface area (Å²) in [6.45, 7) is 9.37. The van der Waals surface area contributed by atoms with Crippen LogP contribution in [0.3, 0.4) is 0 Å². The van der Waals surface area contributed by atoms with Crippen molar-refractivity contribution in [3.63, 3.8) is 0 Å². The third-order valence-electron chi connectivity index (χ3n) is 7.27. The van der Waals surface area contributed by atoms with Gasteiger partial charge in [0.15, 0.2) is 11.5 Å². The van der Waals surface area contributed by atoms with Crippen LogP contribution < -0.4 is 20.5 Å². The molecule has 0 aliphatic heterocycles. The molecule has 0 spiro atoms. The predicted octanol–water partition coefficient (Wildman–Crippen LogP) is 4.57. The second-order valence-electron chi connectivity index (χ2n) is 11.0. The maximum absolute atomic E-state index is 13.0. The van der Waals surface area contributed by atoms with Gasteiger partial charge in [0.25, 0.3) is 0 Å². The summed E-state index contributed by atoms with van der Waals surface area (Å²) in [5, 5.41) is 22.8. The number of aliphatic hydroxyl groups excluding tert-OH is 1. The molecule has 9 heteroatoms. The Hall–Kier alpha value is -3.19. The fourth-order valence-corrected chi connectivity index (χ4v) is 4.62. The van der Waals surface area contributed by atoms with Crippen molar-refractivity contribution in [2.75, 3.05) is 32.8 Å². The van der Waals surface area contributed by atoms with E-state index < -0.39 is 18.1 Å². The third kappa shape index (κ3) is 10.4. The number of amides is 1. The van der Waals surface area contributed by atoms with Gasteiger partial charge in [-0.25, -0.2) is 4.98 Å². The average molecular weight is 555 g/mol. The summed E-state index contributed by atoms with van der Waals surface area (Å²) < 4.78 is 16.5. The molecule has 0 radical (unpaired) electrons. The maximum atomic E-state index is 13.0. The molecule has 220 valence electrons. The van der Waals surface area contributed by atoms with Gasteiger partial charge < -0.3 is 30.4 Å². The second-order valence-corrected chi connectivity index (χ2v) is 11.0. The molecular weight excluding hydrogens is 508 g/mol. The van der Waals surface area contributed by atoms with Crippen molar-refractivity contribution in [2.24, 2.45) is 29.4 Å². The Bertz CT molecular complexity index is 1080. The fourth-order valence-electron chi connectivity index (χ4n) is 4.62. The van der Waals surface area contributed by atoms with Crippen LogP contribution in [0, 0.1) is 35.0 Å². The molecule has 1 aromatic heterocycles. The van der Waals surface area contributed by atoms with Crippen LogP contribution in [0.5, 0.6) is 11.5 Å². The Morgan fingerprint density at radius 3 is 2.40 bits per heavy atom. The quantitative estimate of drug-likeness (QED) is 0.242. The molecule has 4 N–H and O–H groups in total. The van der Waals surface area contributed by atoms with Crippen LogP contribution in [0.2, 0.25) is 0 Å². The lowest BCUT2D eigenvalue weighted by Gasteiger charge is -2.30. The lowest BCUT2D eigenvalue weighted by Crippen LogP contribution is -2.41. The second kappa shape index (κ2) is 16.8. The summed E-state index contributed by atoms with van der Waals surface area (Å²) in [6.07, 6.45) is 2.98. The number of pyridine rings is 1. The Balaban J connectivity index is 2.04. The molecule has 1 amide bonds. The number of carbonyl (C=O) groups excluding carboxylic acids is 1. The van der Waals surface area contributed by atoms with Crippen molar-refractivity contribution in [3.8, 4) is 17.6 Å². The van der Waals surface area contributed by atoms with Gasteiger partial charge in [-0.1, -0.05) is 33.8 Å². The SMILES string of the molecule is COCCCOc1cc(CC(CC(N)C(O)CC(C(=O)Nc2ccc(C#N)cn2)C(C)C)C(C)C)ccc1OC. The zero-order chi connectivity index (χ0) is 29.7. The van der Waals surface area contributed by atoms with E-state index in [0.717, 1.165) is 18.4 Å². The van der Waals surface area contributed by atoms with Crippen LogP contribution in [-0.2, 0) is 16.0 Å². The van der Waals surface area contributed by atoms with Gasteiger partial charge in [-0.3, -0.25) is 4.79 Å². The molecule has 0 aliphatic rings. The van der Waals surface area contributed by atoms with Crippen molar-refractivity contribution in [3.05, 3.63) is 47.7 Å². The number of aliphatic hydroxyl groups is 1. The summed E-state index contributed by atoms with van der Waals surface area (Å²) in [6, 6.07) is 10.7. The van der Waals surface area contributed by atoms with Gasteiger partial charge in [0, 0.05) is 38.3 Å². The van der Waals surface area contributed by atoms with Crippen LogP contribution in [0.25, 0.3) is 0 Å². The van der Waals surface area contributed by atoms with E-state index in [1.807, 2.05) is 38.1 Å². The molecule has 0 bridgehead atoms. The minimum Gasteiger partial charge on any atom is -0.493 e. The molecule has 4 unspecified atom stereocenters. The van der Waals surface area contributed by atoms with Crippen LogP contribution in [0.15, 0.2) is 36.5 Å². The van der Waals surface area contributed by atoms with E-state index in [9.17, 15) is 9.90 Å². The number of nitrogens with one attached hydrogen (secondary N) is 1. The first-order valence-electron chi connectivity index (χ1n) is 14.0.